The number of hydrogen-bond donors (Lipinski definition) is 0. The van der Waals surface area contributed by atoms with E-state index in [2.05, 4.69) is 15.1 Å². The zero-order valence-electron chi connectivity index (χ0n) is 17.7. The highest BCUT2D eigenvalue weighted by atomic mass is 35.5. The first kappa shape index (κ1) is 22.5. The van der Waals surface area contributed by atoms with E-state index in [-0.39, 0.29) is 24.2 Å². The van der Waals surface area contributed by atoms with Gasteiger partial charge in [-0.15, -0.1) is 0 Å². The molecule has 0 unspecified atom stereocenters. The van der Waals surface area contributed by atoms with Crippen molar-refractivity contribution in [3.63, 3.8) is 0 Å². The number of aliphatic imine (C=N–C) groups is 1. The van der Waals surface area contributed by atoms with Gasteiger partial charge in [0.1, 0.15) is 11.0 Å². The summed E-state index contributed by atoms with van der Waals surface area (Å²) in [5.41, 5.74) is 0.703. The Morgan fingerprint density at radius 3 is 2.66 bits per heavy atom. The molecule has 0 atom stereocenters. The number of fused-ring (bicyclic) bond motifs is 1. The lowest BCUT2D eigenvalue weighted by molar-refractivity contribution is 0.366. The van der Waals surface area contributed by atoms with E-state index < -0.39 is 0 Å². The summed E-state index contributed by atoms with van der Waals surface area (Å²) in [6, 6.07) is 7.50. The maximum atomic E-state index is 13.0. The zero-order valence-corrected chi connectivity index (χ0v) is 19.2. The molecule has 1 aliphatic heterocycles. The van der Waals surface area contributed by atoms with Crippen LogP contribution in [0.25, 0.3) is 0 Å². The molecule has 168 valence electrons. The van der Waals surface area contributed by atoms with Crippen LogP contribution in [0.1, 0.15) is 49.0 Å². The largest absolute Gasteiger partial charge is 0.339 e. The van der Waals surface area contributed by atoms with Crippen LogP contribution in [-0.2, 0) is 32.4 Å². The molecule has 0 aliphatic carbocycles. The van der Waals surface area contributed by atoms with Crippen LogP contribution in [0, 0.1) is 0 Å². The summed E-state index contributed by atoms with van der Waals surface area (Å²) in [7, 11) is 0. The van der Waals surface area contributed by atoms with Gasteiger partial charge in [-0.3, -0.25) is 13.9 Å². The van der Waals surface area contributed by atoms with Gasteiger partial charge >= 0.3 is 5.69 Å². The van der Waals surface area contributed by atoms with Crippen LogP contribution in [-0.4, -0.2) is 24.4 Å². The molecule has 1 aliphatic rings. The molecule has 0 saturated carbocycles. The number of unbranched alkanes of at least 4 members (excludes halogenated alkanes) is 1. The van der Waals surface area contributed by atoms with Gasteiger partial charge in [0.05, 0.1) is 5.56 Å². The number of nitrogens with zero attached hydrogens (tertiary/aromatic N) is 5. The molecule has 0 fully saturated rings. The first-order chi connectivity index (χ1) is 15.5. The summed E-state index contributed by atoms with van der Waals surface area (Å²) >= 11 is 12.3. The Hall–Kier alpha value is -2.71. The first-order valence-electron chi connectivity index (χ1n) is 10.6. The second kappa shape index (κ2) is 9.83. The van der Waals surface area contributed by atoms with Gasteiger partial charge in [-0.25, -0.2) is 9.79 Å². The van der Waals surface area contributed by atoms with E-state index in [9.17, 15) is 9.59 Å². The molecular weight excluding hydrogens is 453 g/mol. The summed E-state index contributed by atoms with van der Waals surface area (Å²) in [4.78, 5) is 34.5. The van der Waals surface area contributed by atoms with Crippen molar-refractivity contribution in [3.8, 4) is 0 Å². The molecule has 1 aromatic carbocycles. The first-order valence-corrected chi connectivity index (χ1v) is 11.4. The highest BCUT2D eigenvalue weighted by Crippen LogP contribution is 2.24. The molecule has 3 heterocycles. The van der Waals surface area contributed by atoms with Gasteiger partial charge in [0.15, 0.2) is 5.82 Å². The lowest BCUT2D eigenvalue weighted by atomic mass is 10.1. The number of aryl methyl sites for hydroxylation is 1. The van der Waals surface area contributed by atoms with Crippen molar-refractivity contribution in [1.29, 1.82) is 0 Å². The van der Waals surface area contributed by atoms with Crippen molar-refractivity contribution in [2.75, 3.05) is 0 Å². The van der Waals surface area contributed by atoms with E-state index in [0.717, 1.165) is 18.4 Å². The molecule has 0 saturated heterocycles. The van der Waals surface area contributed by atoms with Crippen molar-refractivity contribution >= 4 is 34.2 Å². The fourth-order valence-electron chi connectivity index (χ4n) is 3.71. The number of rotatable bonds is 9. The Bertz CT molecular complexity index is 1280. The maximum absolute atomic E-state index is 13.0. The van der Waals surface area contributed by atoms with Crippen LogP contribution >= 0.6 is 23.2 Å². The second-order valence-corrected chi connectivity index (χ2v) is 8.53. The number of hydrogen-bond acceptors (Lipinski definition) is 6. The third-order valence-corrected chi connectivity index (χ3v) is 5.95. The van der Waals surface area contributed by atoms with Gasteiger partial charge in [0, 0.05) is 37.4 Å². The molecule has 3 aromatic rings. The molecule has 10 heteroatoms. The third kappa shape index (κ3) is 4.71. The lowest BCUT2D eigenvalue weighted by Crippen LogP contribution is -2.41. The predicted molar refractivity (Wildman–Crippen MR) is 123 cm³/mol. The van der Waals surface area contributed by atoms with E-state index >= 15 is 0 Å². The minimum absolute atomic E-state index is 0.247. The minimum Gasteiger partial charge on any atom is -0.339 e. The number of aromatic nitrogens is 4. The Labute approximate surface area is 194 Å². The van der Waals surface area contributed by atoms with Crippen molar-refractivity contribution in [2.45, 2.75) is 58.5 Å². The Kier molecular flexibility index (Phi) is 6.91. The molecule has 0 N–H and O–H groups in total. The van der Waals surface area contributed by atoms with Gasteiger partial charge in [-0.05, 0) is 24.5 Å². The van der Waals surface area contributed by atoms with Gasteiger partial charge in [0.2, 0.25) is 5.89 Å². The lowest BCUT2D eigenvalue weighted by Gasteiger charge is -2.13. The third-order valence-electron chi connectivity index (χ3n) is 5.36. The van der Waals surface area contributed by atoms with E-state index in [1.54, 1.807) is 4.57 Å². The molecule has 2 aromatic heterocycles. The summed E-state index contributed by atoms with van der Waals surface area (Å²) < 4.78 is 8.15. The number of benzene rings is 1. The van der Waals surface area contributed by atoms with Crippen LogP contribution in [0.3, 0.4) is 0 Å². The van der Waals surface area contributed by atoms with E-state index in [4.69, 9.17) is 27.7 Å². The Morgan fingerprint density at radius 1 is 1.09 bits per heavy atom. The summed E-state index contributed by atoms with van der Waals surface area (Å²) in [6.45, 7) is 2.79. The average molecular weight is 476 g/mol. The average Bonchev–Trinajstić information content (AvgIpc) is 3.38. The van der Waals surface area contributed by atoms with E-state index in [0.29, 0.717) is 59.1 Å². The van der Waals surface area contributed by atoms with E-state index in [1.165, 1.54) is 4.57 Å². The smallest absolute Gasteiger partial charge is 0.332 e. The molecule has 4 rings (SSSR count). The topological polar surface area (TPSA) is 95.3 Å². The van der Waals surface area contributed by atoms with Gasteiger partial charge in [0.25, 0.3) is 5.56 Å². The second-order valence-electron chi connectivity index (χ2n) is 7.69. The molecule has 0 bridgehead atoms. The van der Waals surface area contributed by atoms with Gasteiger partial charge < -0.3 is 4.52 Å². The highest BCUT2D eigenvalue weighted by Gasteiger charge is 2.24. The number of halogens is 2. The summed E-state index contributed by atoms with van der Waals surface area (Å²) in [5, 5.41) is 4.99. The molecule has 0 amide bonds. The molecule has 0 radical (unpaired) electrons. The maximum Gasteiger partial charge on any atom is 0.332 e. The monoisotopic (exact) mass is 475 g/mol. The summed E-state index contributed by atoms with van der Waals surface area (Å²) in [6.07, 6.45) is 3.42. The standard InChI is InChI=1S/C22H23Cl2N5O3/c1-2-3-10-28-20-15(13-17(24)25-20)21(30)29(22(28)31)11-6-9-19-26-18(27-32-19)12-14-7-4-5-8-16(14)23/h4-5,7-8H,2-3,6,9-13H2,1H3. The normalized spacial score (nSPS) is 12.8. The Morgan fingerprint density at radius 2 is 1.88 bits per heavy atom. The van der Waals surface area contributed by atoms with Gasteiger partial charge in [-0.1, -0.05) is 59.9 Å². The fraction of sp³-hybridized carbons (Fsp3) is 0.409. The predicted octanol–water partition coefficient (Wildman–Crippen LogP) is 3.90. The fourth-order valence-corrected chi connectivity index (χ4v) is 4.12. The van der Waals surface area contributed by atoms with Crippen LogP contribution in [0.5, 0.6) is 0 Å². The van der Waals surface area contributed by atoms with Crippen LogP contribution in [0.15, 0.2) is 43.4 Å². The quantitative estimate of drug-likeness (QED) is 0.467. The SMILES string of the molecule is CCCCn1c2c(c(=O)n(CCCc3nc(Cc4ccccc4Cl)no3)c1=O)CC(Cl)=N2. The minimum atomic E-state index is -0.359. The zero-order chi connectivity index (χ0) is 22.7. The van der Waals surface area contributed by atoms with Crippen molar-refractivity contribution < 1.29 is 4.52 Å². The van der Waals surface area contributed by atoms with Crippen molar-refractivity contribution in [2.24, 2.45) is 4.99 Å². The van der Waals surface area contributed by atoms with Crippen molar-refractivity contribution in [1.82, 2.24) is 19.3 Å². The van der Waals surface area contributed by atoms with Gasteiger partial charge in [-0.2, -0.15) is 4.98 Å². The molecule has 0 spiro atoms. The molecular formula is C22H23Cl2N5O3. The molecule has 8 nitrogen and oxygen atoms in total. The van der Waals surface area contributed by atoms with Crippen LogP contribution in [0.2, 0.25) is 5.02 Å². The molecule has 32 heavy (non-hydrogen) atoms. The van der Waals surface area contributed by atoms with E-state index in [1.807, 2.05) is 31.2 Å². The van der Waals surface area contributed by atoms with Crippen LogP contribution < -0.4 is 11.2 Å². The van der Waals surface area contributed by atoms with Crippen molar-refractivity contribution in [3.05, 3.63) is 73.0 Å². The summed E-state index contributed by atoms with van der Waals surface area (Å²) in [5.74, 6) is 1.39. The van der Waals surface area contributed by atoms with Crippen LogP contribution in [0.4, 0.5) is 5.82 Å². The highest BCUT2D eigenvalue weighted by molar-refractivity contribution is 6.66. The Balaban J connectivity index is 1.47.